The fourth-order valence-electron chi connectivity index (χ4n) is 4.20. The number of hydrogen-bond acceptors (Lipinski definition) is 4. The van der Waals surface area contributed by atoms with Gasteiger partial charge in [0.2, 0.25) is 0 Å². The zero-order valence-corrected chi connectivity index (χ0v) is 20.1. The molecule has 168 valence electrons. The molecule has 31 heavy (non-hydrogen) atoms. The van der Waals surface area contributed by atoms with E-state index in [0.29, 0.717) is 12.1 Å². The Hall–Kier alpha value is -2.33. The lowest BCUT2D eigenvalue weighted by Crippen LogP contribution is -2.32. The van der Waals surface area contributed by atoms with E-state index in [1.807, 2.05) is 39.4 Å². The van der Waals surface area contributed by atoms with Crippen molar-refractivity contribution in [3.05, 3.63) is 70.8 Å². The second kappa shape index (κ2) is 13.9. The van der Waals surface area contributed by atoms with Crippen LogP contribution in [0.15, 0.2) is 53.2 Å². The van der Waals surface area contributed by atoms with E-state index < -0.39 is 0 Å². The van der Waals surface area contributed by atoms with Crippen molar-refractivity contribution in [3.63, 3.8) is 0 Å². The fourth-order valence-corrected chi connectivity index (χ4v) is 4.20. The van der Waals surface area contributed by atoms with Crippen LogP contribution in [0.2, 0.25) is 0 Å². The lowest BCUT2D eigenvalue weighted by molar-refractivity contribution is 0.320. The molecule has 0 radical (unpaired) electrons. The number of hydrogen-bond donors (Lipinski definition) is 1. The van der Waals surface area contributed by atoms with Gasteiger partial charge in [0, 0.05) is 31.2 Å². The molecule has 1 aliphatic rings. The van der Waals surface area contributed by atoms with Crippen LogP contribution >= 0.6 is 0 Å². The maximum absolute atomic E-state index is 5.00. The number of pyridine rings is 2. The summed E-state index contributed by atoms with van der Waals surface area (Å²) in [7, 11) is 1.84. The van der Waals surface area contributed by atoms with E-state index in [-0.39, 0.29) is 0 Å². The molecule has 4 nitrogen and oxygen atoms in total. The average molecular weight is 421 g/mol. The highest BCUT2D eigenvalue weighted by Gasteiger charge is 2.26. The molecule has 0 aromatic carbocycles. The van der Waals surface area contributed by atoms with Gasteiger partial charge in [0.15, 0.2) is 0 Å². The normalized spacial score (nSPS) is 19.2. The summed E-state index contributed by atoms with van der Waals surface area (Å²) in [5.41, 5.74) is 6.12. The van der Waals surface area contributed by atoms with Gasteiger partial charge in [0.25, 0.3) is 0 Å². The monoisotopic (exact) mass is 420 g/mol. The summed E-state index contributed by atoms with van der Waals surface area (Å²) in [6.07, 6.45) is 13.8. The van der Waals surface area contributed by atoms with Gasteiger partial charge in [-0.3, -0.25) is 15.0 Å². The molecule has 0 amide bonds. The first-order valence-corrected chi connectivity index (χ1v) is 12.0. The summed E-state index contributed by atoms with van der Waals surface area (Å²) in [5, 5.41) is 3.81. The molecule has 0 bridgehead atoms. The van der Waals surface area contributed by atoms with Crippen molar-refractivity contribution in [1.29, 1.82) is 0 Å². The van der Waals surface area contributed by atoms with Gasteiger partial charge in [-0.2, -0.15) is 0 Å². The Balaban J connectivity index is 0.00000166. The summed E-state index contributed by atoms with van der Waals surface area (Å²) in [6, 6.07) is 11.3. The van der Waals surface area contributed by atoms with E-state index in [2.05, 4.69) is 59.5 Å². The summed E-state index contributed by atoms with van der Waals surface area (Å²) >= 11 is 0. The number of aliphatic imine (C=N–C) groups is 1. The summed E-state index contributed by atoms with van der Waals surface area (Å²) < 4.78 is 0. The molecule has 2 aromatic rings. The van der Waals surface area contributed by atoms with Crippen LogP contribution in [-0.2, 0) is 6.42 Å². The molecule has 2 unspecified atom stereocenters. The Kier molecular flexibility index (Phi) is 11.2. The molecule has 2 aromatic heterocycles. The van der Waals surface area contributed by atoms with Gasteiger partial charge in [-0.15, -0.1) is 0 Å². The molecular formula is C27H40N4. The molecule has 0 saturated carbocycles. The predicted octanol–water partition coefficient (Wildman–Crippen LogP) is 6.73. The standard InChI is InChI=1S/C25H34N4.C2H6/c1-4-9-20(18-26-3)11-5-12-21-13-6-14-22(28-21)23-15-7-16-24(29-23)25-19(2)10-8-17-27-25;1-2/h6,8-10,13-14,17-18,23-24,29H,4-5,7,11-12,15-16H2,1-3H3;1-2H3/b20-9-,26-18?;. The van der Waals surface area contributed by atoms with Crippen LogP contribution in [0.25, 0.3) is 0 Å². The predicted molar refractivity (Wildman–Crippen MR) is 133 cm³/mol. The minimum Gasteiger partial charge on any atom is -0.300 e. The van der Waals surface area contributed by atoms with Crippen molar-refractivity contribution in [2.75, 3.05) is 7.05 Å². The third kappa shape index (κ3) is 7.70. The minimum atomic E-state index is 0.304. The van der Waals surface area contributed by atoms with Crippen molar-refractivity contribution >= 4 is 6.21 Å². The second-order valence-electron chi connectivity index (χ2n) is 7.89. The first-order chi connectivity index (χ1) is 15.2. The molecule has 0 aliphatic carbocycles. The van der Waals surface area contributed by atoms with Crippen molar-refractivity contribution in [2.45, 2.75) is 84.7 Å². The number of allylic oxidation sites excluding steroid dienone is 2. The molecule has 3 rings (SSSR count). The van der Waals surface area contributed by atoms with E-state index in [9.17, 15) is 0 Å². The van der Waals surface area contributed by atoms with Crippen molar-refractivity contribution < 1.29 is 0 Å². The minimum absolute atomic E-state index is 0.304. The molecule has 1 aliphatic heterocycles. The molecular weight excluding hydrogens is 380 g/mol. The van der Waals surface area contributed by atoms with Gasteiger partial charge in [0.05, 0.1) is 17.4 Å². The fraction of sp³-hybridized carbons (Fsp3) is 0.519. The Morgan fingerprint density at radius 2 is 1.97 bits per heavy atom. The van der Waals surface area contributed by atoms with E-state index in [1.165, 1.54) is 34.6 Å². The smallest absolute Gasteiger partial charge is 0.0602 e. The number of aromatic nitrogens is 2. The third-order valence-corrected chi connectivity index (χ3v) is 5.61. The number of aryl methyl sites for hydroxylation is 2. The highest BCUT2D eigenvalue weighted by Crippen LogP contribution is 2.32. The van der Waals surface area contributed by atoms with Crippen molar-refractivity contribution in [3.8, 4) is 0 Å². The maximum atomic E-state index is 5.00. The molecule has 2 atom stereocenters. The van der Waals surface area contributed by atoms with Gasteiger partial charge >= 0.3 is 0 Å². The zero-order chi connectivity index (χ0) is 22.5. The second-order valence-corrected chi connectivity index (χ2v) is 7.89. The van der Waals surface area contributed by atoms with Gasteiger partial charge in [-0.25, -0.2) is 0 Å². The van der Waals surface area contributed by atoms with Gasteiger partial charge in [-0.05, 0) is 81.2 Å². The number of nitrogens with zero attached hydrogens (tertiary/aromatic N) is 3. The van der Waals surface area contributed by atoms with E-state index in [4.69, 9.17) is 4.98 Å². The van der Waals surface area contributed by atoms with Crippen molar-refractivity contribution in [1.82, 2.24) is 15.3 Å². The van der Waals surface area contributed by atoms with E-state index in [1.54, 1.807) is 0 Å². The third-order valence-electron chi connectivity index (χ3n) is 5.61. The Labute approximate surface area is 189 Å². The average Bonchev–Trinajstić information content (AvgIpc) is 2.81. The highest BCUT2D eigenvalue weighted by molar-refractivity contribution is 5.78. The SMILES string of the molecule is CC.CC/C=C(\C=NC)CCCc1cccc(C2CCCC(c3ncccc3C)N2)n1. The number of rotatable bonds is 8. The molecule has 1 N–H and O–H groups in total. The van der Waals surface area contributed by atoms with Crippen LogP contribution in [0.3, 0.4) is 0 Å². The molecule has 0 spiro atoms. The van der Waals surface area contributed by atoms with Gasteiger partial charge in [-0.1, -0.05) is 39.0 Å². The molecule has 1 saturated heterocycles. The van der Waals surface area contributed by atoms with Gasteiger partial charge in [0.1, 0.15) is 0 Å². The zero-order valence-electron chi connectivity index (χ0n) is 20.1. The highest BCUT2D eigenvalue weighted by atomic mass is 15.0. The summed E-state index contributed by atoms with van der Waals surface area (Å²) in [5.74, 6) is 0. The Morgan fingerprint density at radius 1 is 1.16 bits per heavy atom. The Morgan fingerprint density at radius 3 is 2.71 bits per heavy atom. The number of piperidine rings is 1. The van der Waals surface area contributed by atoms with E-state index >= 15 is 0 Å². The van der Waals surface area contributed by atoms with Crippen LogP contribution in [0.1, 0.15) is 94.0 Å². The Bertz CT molecular complexity index is 841. The summed E-state index contributed by atoms with van der Waals surface area (Å²) in [4.78, 5) is 13.8. The van der Waals surface area contributed by atoms with Crippen molar-refractivity contribution in [2.24, 2.45) is 4.99 Å². The lowest BCUT2D eigenvalue weighted by atomic mass is 9.92. The molecule has 1 fully saturated rings. The number of nitrogens with one attached hydrogen (secondary N) is 1. The quantitative estimate of drug-likeness (QED) is 0.482. The first-order valence-electron chi connectivity index (χ1n) is 12.0. The van der Waals surface area contributed by atoms with Crippen LogP contribution in [0.4, 0.5) is 0 Å². The van der Waals surface area contributed by atoms with Crippen LogP contribution in [0.5, 0.6) is 0 Å². The summed E-state index contributed by atoms with van der Waals surface area (Å²) in [6.45, 7) is 8.32. The van der Waals surface area contributed by atoms with E-state index in [0.717, 1.165) is 38.5 Å². The van der Waals surface area contributed by atoms with Crippen LogP contribution in [-0.4, -0.2) is 23.2 Å². The van der Waals surface area contributed by atoms with Crippen LogP contribution in [0, 0.1) is 6.92 Å². The van der Waals surface area contributed by atoms with Gasteiger partial charge < -0.3 is 5.32 Å². The largest absolute Gasteiger partial charge is 0.300 e. The lowest BCUT2D eigenvalue weighted by Gasteiger charge is -2.31. The maximum Gasteiger partial charge on any atom is 0.0602 e. The molecule has 3 heterocycles. The van der Waals surface area contributed by atoms with Crippen LogP contribution < -0.4 is 5.32 Å². The molecule has 4 heteroatoms. The topological polar surface area (TPSA) is 50.2 Å². The first kappa shape index (κ1) is 24.9.